The lowest BCUT2D eigenvalue weighted by Crippen LogP contribution is -2.25. The standard InChI is InChI=1S/C21H26N2O3/c1-4-5-11-22-21(25)17-7-6-8-18(13-17)23-20(24)14-26-19-12-15(2)9-10-16(19)3/h6-10,12-13H,4-5,11,14H2,1-3H3,(H,22,25)(H,23,24). The Morgan fingerprint density at radius 1 is 1.08 bits per heavy atom. The van der Waals surface area contributed by atoms with Crippen molar-refractivity contribution in [1.29, 1.82) is 0 Å². The number of anilines is 1. The van der Waals surface area contributed by atoms with Gasteiger partial charge in [-0.3, -0.25) is 9.59 Å². The van der Waals surface area contributed by atoms with Gasteiger partial charge in [-0.2, -0.15) is 0 Å². The molecule has 0 aromatic heterocycles. The number of unbranched alkanes of at least 4 members (excludes halogenated alkanes) is 1. The summed E-state index contributed by atoms with van der Waals surface area (Å²) in [6.45, 7) is 6.55. The molecule has 0 aliphatic heterocycles. The van der Waals surface area contributed by atoms with Gasteiger partial charge in [0.05, 0.1) is 0 Å². The van der Waals surface area contributed by atoms with Gasteiger partial charge in [-0.1, -0.05) is 31.5 Å². The van der Waals surface area contributed by atoms with Crippen molar-refractivity contribution in [3.63, 3.8) is 0 Å². The Morgan fingerprint density at radius 3 is 2.65 bits per heavy atom. The van der Waals surface area contributed by atoms with E-state index in [-0.39, 0.29) is 18.4 Å². The van der Waals surface area contributed by atoms with Crippen LogP contribution in [-0.4, -0.2) is 25.0 Å². The lowest BCUT2D eigenvalue weighted by atomic mass is 10.1. The van der Waals surface area contributed by atoms with Crippen LogP contribution in [0.2, 0.25) is 0 Å². The zero-order valence-corrected chi connectivity index (χ0v) is 15.6. The van der Waals surface area contributed by atoms with Crippen LogP contribution in [0.1, 0.15) is 41.3 Å². The number of ether oxygens (including phenoxy) is 1. The number of hydrogen-bond donors (Lipinski definition) is 2. The van der Waals surface area contributed by atoms with Crippen LogP contribution in [0.5, 0.6) is 5.75 Å². The average Bonchev–Trinajstić information content (AvgIpc) is 2.63. The van der Waals surface area contributed by atoms with Crippen molar-refractivity contribution in [2.45, 2.75) is 33.6 Å². The van der Waals surface area contributed by atoms with E-state index in [1.165, 1.54) is 0 Å². The van der Waals surface area contributed by atoms with E-state index in [1.54, 1.807) is 24.3 Å². The van der Waals surface area contributed by atoms with Crippen molar-refractivity contribution < 1.29 is 14.3 Å². The molecule has 2 aromatic carbocycles. The monoisotopic (exact) mass is 354 g/mol. The average molecular weight is 354 g/mol. The molecular formula is C21H26N2O3. The first-order valence-corrected chi connectivity index (χ1v) is 8.87. The van der Waals surface area contributed by atoms with Crippen LogP contribution in [0.3, 0.4) is 0 Å². The molecule has 0 saturated carbocycles. The van der Waals surface area contributed by atoms with Crippen molar-refractivity contribution >= 4 is 17.5 Å². The molecule has 5 nitrogen and oxygen atoms in total. The minimum Gasteiger partial charge on any atom is -0.483 e. The number of nitrogens with one attached hydrogen (secondary N) is 2. The molecule has 2 N–H and O–H groups in total. The smallest absolute Gasteiger partial charge is 0.262 e. The summed E-state index contributed by atoms with van der Waals surface area (Å²) >= 11 is 0. The van der Waals surface area contributed by atoms with Crippen LogP contribution in [0, 0.1) is 13.8 Å². The molecule has 2 rings (SSSR count). The highest BCUT2D eigenvalue weighted by molar-refractivity contribution is 5.97. The summed E-state index contributed by atoms with van der Waals surface area (Å²) in [7, 11) is 0. The third-order valence-electron chi connectivity index (χ3n) is 3.93. The molecule has 0 aliphatic rings. The summed E-state index contributed by atoms with van der Waals surface area (Å²) < 4.78 is 5.60. The van der Waals surface area contributed by atoms with Crippen molar-refractivity contribution in [3.8, 4) is 5.75 Å². The van der Waals surface area contributed by atoms with Crippen molar-refractivity contribution in [3.05, 3.63) is 59.2 Å². The minimum absolute atomic E-state index is 0.0861. The predicted octanol–water partition coefficient (Wildman–Crippen LogP) is 3.85. The van der Waals surface area contributed by atoms with Gasteiger partial charge in [0.2, 0.25) is 0 Å². The first kappa shape index (κ1) is 19.5. The number of amides is 2. The quantitative estimate of drug-likeness (QED) is 0.708. The number of benzene rings is 2. The van der Waals surface area contributed by atoms with Gasteiger partial charge >= 0.3 is 0 Å². The van der Waals surface area contributed by atoms with E-state index in [0.29, 0.717) is 23.5 Å². The fourth-order valence-electron chi connectivity index (χ4n) is 2.42. The maximum atomic E-state index is 12.1. The molecule has 0 radical (unpaired) electrons. The molecule has 0 spiro atoms. The number of hydrogen-bond acceptors (Lipinski definition) is 3. The largest absolute Gasteiger partial charge is 0.483 e. The van der Waals surface area contributed by atoms with Gasteiger partial charge in [0.15, 0.2) is 6.61 Å². The number of aryl methyl sites for hydroxylation is 2. The Morgan fingerprint density at radius 2 is 1.88 bits per heavy atom. The molecule has 0 fully saturated rings. The van der Waals surface area contributed by atoms with Crippen LogP contribution in [-0.2, 0) is 4.79 Å². The first-order chi connectivity index (χ1) is 12.5. The van der Waals surface area contributed by atoms with E-state index < -0.39 is 0 Å². The third-order valence-corrected chi connectivity index (χ3v) is 3.93. The van der Waals surface area contributed by atoms with E-state index in [4.69, 9.17) is 4.74 Å². The van der Waals surface area contributed by atoms with Gasteiger partial charge in [-0.05, 0) is 55.7 Å². The van der Waals surface area contributed by atoms with Crippen molar-refractivity contribution in [1.82, 2.24) is 5.32 Å². The summed E-state index contributed by atoms with van der Waals surface area (Å²) in [5.74, 6) is 0.292. The molecule has 0 saturated heterocycles. The number of carbonyl (C=O) groups is 2. The zero-order valence-electron chi connectivity index (χ0n) is 15.6. The second-order valence-electron chi connectivity index (χ2n) is 6.30. The topological polar surface area (TPSA) is 67.4 Å². The number of rotatable bonds is 8. The molecule has 0 unspecified atom stereocenters. The summed E-state index contributed by atoms with van der Waals surface area (Å²) in [6, 6.07) is 12.8. The SMILES string of the molecule is CCCCNC(=O)c1cccc(NC(=O)COc2cc(C)ccc2C)c1. The highest BCUT2D eigenvalue weighted by Gasteiger charge is 2.09. The second-order valence-corrected chi connectivity index (χ2v) is 6.30. The van der Waals surface area contributed by atoms with Gasteiger partial charge in [-0.25, -0.2) is 0 Å². The highest BCUT2D eigenvalue weighted by atomic mass is 16.5. The lowest BCUT2D eigenvalue weighted by molar-refractivity contribution is -0.118. The Bertz CT molecular complexity index is 772. The first-order valence-electron chi connectivity index (χ1n) is 8.87. The third kappa shape index (κ3) is 5.92. The molecule has 26 heavy (non-hydrogen) atoms. The van der Waals surface area contributed by atoms with Crippen molar-refractivity contribution in [2.75, 3.05) is 18.5 Å². The molecule has 2 aromatic rings. The van der Waals surface area contributed by atoms with Crippen LogP contribution >= 0.6 is 0 Å². The van der Waals surface area contributed by atoms with Gasteiger partial charge in [-0.15, -0.1) is 0 Å². The van der Waals surface area contributed by atoms with Gasteiger partial charge < -0.3 is 15.4 Å². The van der Waals surface area contributed by atoms with Gasteiger partial charge in [0.25, 0.3) is 11.8 Å². The lowest BCUT2D eigenvalue weighted by Gasteiger charge is -2.11. The summed E-state index contributed by atoms with van der Waals surface area (Å²) in [5.41, 5.74) is 3.15. The van der Waals surface area contributed by atoms with E-state index in [9.17, 15) is 9.59 Å². The van der Waals surface area contributed by atoms with Gasteiger partial charge in [0.1, 0.15) is 5.75 Å². The van der Waals surface area contributed by atoms with Crippen LogP contribution in [0.4, 0.5) is 5.69 Å². The molecule has 0 atom stereocenters. The maximum absolute atomic E-state index is 12.1. The summed E-state index contributed by atoms with van der Waals surface area (Å²) in [4.78, 5) is 24.2. The Labute approximate surface area is 154 Å². The Balaban J connectivity index is 1.91. The van der Waals surface area contributed by atoms with Crippen molar-refractivity contribution in [2.24, 2.45) is 0 Å². The van der Waals surface area contributed by atoms with E-state index >= 15 is 0 Å². The number of carbonyl (C=O) groups excluding carboxylic acids is 2. The molecule has 138 valence electrons. The minimum atomic E-state index is -0.269. The van der Waals surface area contributed by atoms with E-state index in [0.717, 1.165) is 24.0 Å². The molecule has 5 heteroatoms. The summed E-state index contributed by atoms with van der Waals surface area (Å²) in [5, 5.41) is 5.63. The van der Waals surface area contributed by atoms with Gasteiger partial charge in [0, 0.05) is 17.8 Å². The van der Waals surface area contributed by atoms with Crippen LogP contribution in [0.15, 0.2) is 42.5 Å². The van der Waals surface area contributed by atoms with E-state index in [2.05, 4.69) is 17.6 Å². The zero-order chi connectivity index (χ0) is 18.9. The Hall–Kier alpha value is -2.82. The maximum Gasteiger partial charge on any atom is 0.262 e. The fraction of sp³-hybridized carbons (Fsp3) is 0.333. The second kappa shape index (κ2) is 9.61. The summed E-state index contributed by atoms with van der Waals surface area (Å²) in [6.07, 6.45) is 1.97. The van der Waals surface area contributed by atoms with E-state index in [1.807, 2.05) is 32.0 Å². The molecular weight excluding hydrogens is 328 g/mol. The normalized spacial score (nSPS) is 10.3. The molecule has 0 bridgehead atoms. The fourth-order valence-corrected chi connectivity index (χ4v) is 2.42. The molecule has 0 heterocycles. The van der Waals surface area contributed by atoms with Crippen LogP contribution in [0.25, 0.3) is 0 Å². The molecule has 2 amide bonds. The predicted molar refractivity (Wildman–Crippen MR) is 104 cm³/mol. The Kier molecular flexibility index (Phi) is 7.21. The highest BCUT2D eigenvalue weighted by Crippen LogP contribution is 2.19. The van der Waals surface area contributed by atoms with Crippen LogP contribution < -0.4 is 15.4 Å². The molecule has 0 aliphatic carbocycles.